The Labute approximate surface area is 220 Å². The van der Waals surface area contributed by atoms with Gasteiger partial charge in [0.15, 0.2) is 0 Å². The Kier molecular flexibility index (Phi) is 5.40. The average Bonchev–Trinajstić information content (AvgIpc) is 3.61. The molecule has 2 aromatic rings. The van der Waals surface area contributed by atoms with Crippen molar-refractivity contribution in [2.24, 2.45) is 29.6 Å². The van der Waals surface area contributed by atoms with Gasteiger partial charge in [-0.05, 0) is 41.9 Å². The highest BCUT2D eigenvalue weighted by atomic mass is 35.5. The van der Waals surface area contributed by atoms with Crippen molar-refractivity contribution in [1.82, 2.24) is 14.8 Å². The SMILES string of the molecule is O=C(CN1C(=O)C2C3CC(C2C1=O)C1C(c2ccc(Cl)cc2)c2sc(=O)[nH]c2SC31)N1CCOCC1. The summed E-state index contributed by atoms with van der Waals surface area (Å²) in [6.45, 7) is 1.73. The van der Waals surface area contributed by atoms with Crippen LogP contribution in [-0.4, -0.2) is 70.6 Å². The largest absolute Gasteiger partial charge is 0.378 e. The van der Waals surface area contributed by atoms with Crippen LogP contribution in [0.5, 0.6) is 0 Å². The molecule has 36 heavy (non-hydrogen) atoms. The number of imide groups is 1. The third kappa shape index (κ3) is 3.30. The number of amides is 3. The second-order valence-electron chi connectivity index (χ2n) is 10.3. The van der Waals surface area contributed by atoms with Crippen LogP contribution in [0.2, 0.25) is 5.02 Å². The molecule has 3 amide bonds. The quantitative estimate of drug-likeness (QED) is 0.595. The van der Waals surface area contributed by atoms with Gasteiger partial charge in [-0.1, -0.05) is 35.1 Å². The van der Waals surface area contributed by atoms with Crippen molar-refractivity contribution >= 4 is 52.4 Å². The van der Waals surface area contributed by atoms with E-state index in [1.165, 1.54) is 16.2 Å². The number of hydrogen-bond acceptors (Lipinski definition) is 7. The van der Waals surface area contributed by atoms with Crippen LogP contribution in [0.4, 0.5) is 0 Å². The number of halogens is 1. The first-order chi connectivity index (χ1) is 17.4. The molecule has 2 saturated carbocycles. The smallest absolute Gasteiger partial charge is 0.305 e. The van der Waals surface area contributed by atoms with Gasteiger partial charge in [0.25, 0.3) is 0 Å². The van der Waals surface area contributed by atoms with E-state index in [4.69, 9.17) is 16.3 Å². The Hall–Kier alpha value is -2.14. The van der Waals surface area contributed by atoms with E-state index >= 15 is 0 Å². The first kappa shape index (κ1) is 23.0. The van der Waals surface area contributed by atoms with Crippen molar-refractivity contribution in [3.05, 3.63) is 49.4 Å². The summed E-state index contributed by atoms with van der Waals surface area (Å²) in [6.07, 6.45) is 0.823. The number of benzene rings is 1. The molecule has 2 aliphatic carbocycles. The molecule has 5 aliphatic rings. The molecule has 4 fully saturated rings. The Bertz CT molecular complexity index is 1320. The minimum absolute atomic E-state index is 0.0310. The van der Waals surface area contributed by atoms with Gasteiger partial charge in [-0.25, -0.2) is 0 Å². The lowest BCUT2D eigenvalue weighted by molar-refractivity contribution is -0.148. The lowest BCUT2D eigenvalue weighted by atomic mass is 9.68. The maximum Gasteiger partial charge on any atom is 0.305 e. The molecule has 2 bridgehead atoms. The van der Waals surface area contributed by atoms with Gasteiger partial charge >= 0.3 is 4.87 Å². The number of hydrogen-bond donors (Lipinski definition) is 1. The molecule has 1 aromatic heterocycles. The van der Waals surface area contributed by atoms with Crippen molar-refractivity contribution in [3.63, 3.8) is 0 Å². The Morgan fingerprint density at radius 3 is 2.47 bits per heavy atom. The number of thioether (sulfide) groups is 1. The monoisotopic (exact) mass is 545 g/mol. The van der Waals surface area contributed by atoms with Gasteiger partial charge in [-0.3, -0.25) is 24.1 Å². The summed E-state index contributed by atoms with van der Waals surface area (Å²) in [5.74, 6) is -1.21. The number of rotatable bonds is 3. The van der Waals surface area contributed by atoms with E-state index in [-0.39, 0.29) is 64.0 Å². The van der Waals surface area contributed by atoms with E-state index in [0.717, 1.165) is 21.9 Å². The first-order valence-electron chi connectivity index (χ1n) is 12.3. The maximum atomic E-state index is 13.6. The molecule has 188 valence electrons. The standard InChI is InChI=1S/C25H24ClN3O5S2/c26-12-3-1-11(2-4-12)16-17-13-9-14(20(17)35-22-21(16)36-25(33)27-22)19-18(13)23(31)29(24(19)32)10-15(30)28-5-7-34-8-6-28/h1-4,13-14,16-20H,5-10H2,(H,27,33). The molecule has 1 aromatic carbocycles. The zero-order chi connectivity index (χ0) is 24.7. The van der Waals surface area contributed by atoms with Crippen molar-refractivity contribution in [2.45, 2.75) is 22.6 Å². The van der Waals surface area contributed by atoms with E-state index in [9.17, 15) is 19.2 Å². The lowest BCUT2D eigenvalue weighted by Crippen LogP contribution is -2.47. The summed E-state index contributed by atoms with van der Waals surface area (Å²) in [4.78, 5) is 59.2. The summed E-state index contributed by atoms with van der Waals surface area (Å²) in [5.41, 5.74) is 1.08. The Morgan fingerprint density at radius 2 is 1.75 bits per heavy atom. The van der Waals surface area contributed by atoms with Crippen LogP contribution in [-0.2, 0) is 19.1 Å². The number of fused-ring (bicyclic) bond motifs is 9. The van der Waals surface area contributed by atoms with Crippen molar-refractivity contribution in [1.29, 1.82) is 0 Å². The summed E-state index contributed by atoms with van der Waals surface area (Å²) in [5, 5.41) is 1.65. The number of carbonyl (C=O) groups is 3. The topological polar surface area (TPSA) is 99.8 Å². The predicted molar refractivity (Wildman–Crippen MR) is 134 cm³/mol. The summed E-state index contributed by atoms with van der Waals surface area (Å²) in [6, 6.07) is 7.74. The number of thiazole rings is 1. The second kappa shape index (κ2) is 8.44. The van der Waals surface area contributed by atoms with E-state index in [2.05, 4.69) is 4.98 Å². The van der Waals surface area contributed by atoms with Crippen LogP contribution < -0.4 is 4.87 Å². The molecular weight excluding hydrogens is 522 g/mol. The van der Waals surface area contributed by atoms with E-state index in [1.54, 1.807) is 16.7 Å². The third-order valence-electron chi connectivity index (χ3n) is 8.70. The van der Waals surface area contributed by atoms with Gasteiger partial charge in [-0.2, -0.15) is 0 Å². The molecule has 7 unspecified atom stereocenters. The van der Waals surface area contributed by atoms with Crippen LogP contribution in [0, 0.1) is 29.6 Å². The molecule has 0 spiro atoms. The predicted octanol–water partition coefficient (Wildman–Crippen LogP) is 2.42. The van der Waals surface area contributed by atoms with Gasteiger partial charge in [0.1, 0.15) is 6.54 Å². The maximum absolute atomic E-state index is 13.6. The molecular formula is C25H24ClN3O5S2. The van der Waals surface area contributed by atoms with Gasteiger partial charge in [-0.15, -0.1) is 11.8 Å². The number of morpholine rings is 1. The Morgan fingerprint density at radius 1 is 1.06 bits per heavy atom. The van der Waals surface area contributed by atoms with Crippen LogP contribution >= 0.6 is 34.7 Å². The highest BCUT2D eigenvalue weighted by Gasteiger charge is 2.69. The van der Waals surface area contributed by atoms with Crippen LogP contribution in [0.25, 0.3) is 0 Å². The number of likely N-dealkylation sites (tertiary alicyclic amines) is 1. The number of aromatic nitrogens is 1. The minimum Gasteiger partial charge on any atom is -0.378 e. The number of nitrogens with one attached hydrogen (secondary N) is 1. The van der Waals surface area contributed by atoms with Crippen molar-refractivity contribution in [3.8, 4) is 0 Å². The lowest BCUT2D eigenvalue weighted by Gasteiger charge is -2.43. The summed E-state index contributed by atoms with van der Waals surface area (Å²) in [7, 11) is 0. The van der Waals surface area contributed by atoms with E-state index < -0.39 is 5.92 Å². The minimum atomic E-state index is -0.395. The number of H-pyrrole nitrogens is 1. The van der Waals surface area contributed by atoms with Gasteiger partial charge < -0.3 is 14.6 Å². The number of nitrogens with zero attached hydrogens (tertiary/aromatic N) is 2. The molecule has 11 heteroatoms. The highest BCUT2D eigenvalue weighted by Crippen LogP contribution is 2.68. The fourth-order valence-corrected chi connectivity index (χ4v) is 10.3. The molecule has 2 saturated heterocycles. The fourth-order valence-electron chi connectivity index (χ4n) is 7.33. The third-order valence-corrected chi connectivity index (χ3v) is 11.5. The van der Waals surface area contributed by atoms with Crippen LogP contribution in [0.1, 0.15) is 22.8 Å². The molecule has 1 N–H and O–H groups in total. The molecule has 3 aliphatic heterocycles. The fraction of sp³-hybridized carbons (Fsp3) is 0.520. The summed E-state index contributed by atoms with van der Waals surface area (Å²) >= 11 is 9.07. The molecule has 8 nitrogen and oxygen atoms in total. The zero-order valence-electron chi connectivity index (χ0n) is 19.2. The van der Waals surface area contributed by atoms with Crippen molar-refractivity contribution in [2.75, 3.05) is 32.8 Å². The normalized spacial score (nSPS) is 34.6. The van der Waals surface area contributed by atoms with Gasteiger partial charge in [0, 0.05) is 34.2 Å². The van der Waals surface area contributed by atoms with Crippen molar-refractivity contribution < 1.29 is 19.1 Å². The second-order valence-corrected chi connectivity index (χ2v) is 12.9. The molecule has 0 radical (unpaired) electrons. The first-order valence-corrected chi connectivity index (χ1v) is 14.4. The van der Waals surface area contributed by atoms with E-state index in [0.29, 0.717) is 31.3 Å². The van der Waals surface area contributed by atoms with Gasteiger partial charge in [0.05, 0.1) is 30.1 Å². The Balaban J connectivity index is 1.22. The highest BCUT2D eigenvalue weighted by molar-refractivity contribution is 8.00. The summed E-state index contributed by atoms with van der Waals surface area (Å²) < 4.78 is 5.32. The number of ether oxygens (including phenoxy) is 1. The average molecular weight is 546 g/mol. The van der Waals surface area contributed by atoms with E-state index in [1.807, 2.05) is 24.3 Å². The van der Waals surface area contributed by atoms with Crippen LogP contribution in [0.3, 0.4) is 0 Å². The molecule has 7 atom stereocenters. The number of aromatic amines is 1. The number of carbonyl (C=O) groups excluding carboxylic acids is 3. The molecule has 7 rings (SSSR count). The zero-order valence-corrected chi connectivity index (χ0v) is 21.6. The van der Waals surface area contributed by atoms with Gasteiger partial charge in [0.2, 0.25) is 17.7 Å². The molecule has 4 heterocycles. The van der Waals surface area contributed by atoms with Crippen LogP contribution in [0.15, 0.2) is 34.1 Å².